The lowest BCUT2D eigenvalue weighted by molar-refractivity contribution is 0.653. The molecule has 0 fully saturated rings. The van der Waals surface area contributed by atoms with Crippen molar-refractivity contribution in [1.82, 2.24) is 15.0 Å². The van der Waals surface area contributed by atoms with Crippen LogP contribution < -0.4 is 0 Å². The first-order valence-electron chi connectivity index (χ1n) is 10.3. The van der Waals surface area contributed by atoms with Gasteiger partial charge in [-0.25, -0.2) is 4.98 Å². The molecule has 0 saturated heterocycles. The third kappa shape index (κ3) is 2.80. The second-order valence-corrected chi connectivity index (χ2v) is 7.85. The molecule has 2 aromatic carbocycles. The number of nitrogens with zero attached hydrogens (tertiary/aromatic N) is 3. The highest BCUT2D eigenvalue weighted by Gasteiger charge is 2.16. The zero-order chi connectivity index (χ0) is 20.9. The smallest absolute Gasteiger partial charge is 0.227 e. The summed E-state index contributed by atoms with van der Waals surface area (Å²) >= 11 is 0. The van der Waals surface area contributed by atoms with Gasteiger partial charge in [0.2, 0.25) is 5.71 Å². The minimum atomic E-state index is 0.662. The van der Waals surface area contributed by atoms with Gasteiger partial charge < -0.3 is 4.42 Å². The number of aromatic nitrogens is 3. The highest BCUT2D eigenvalue weighted by Crippen LogP contribution is 2.37. The molecule has 4 heterocycles. The molecule has 0 atom stereocenters. The molecule has 0 bridgehead atoms. The van der Waals surface area contributed by atoms with Gasteiger partial charge in [0, 0.05) is 39.8 Å². The summed E-state index contributed by atoms with van der Waals surface area (Å²) in [6.07, 6.45) is 3.76. The summed E-state index contributed by atoms with van der Waals surface area (Å²) in [4.78, 5) is 13.8. The van der Waals surface area contributed by atoms with Crippen LogP contribution in [0.5, 0.6) is 0 Å². The van der Waals surface area contributed by atoms with Gasteiger partial charge in [-0.05, 0) is 66.9 Å². The molecule has 0 saturated carbocycles. The van der Waals surface area contributed by atoms with Gasteiger partial charge in [-0.2, -0.15) is 0 Å². The zero-order valence-corrected chi connectivity index (χ0v) is 17.3. The number of aryl methyl sites for hydroxylation is 2. The number of furan rings is 1. The third-order valence-electron chi connectivity index (χ3n) is 5.82. The summed E-state index contributed by atoms with van der Waals surface area (Å²) in [7, 11) is 0. The Labute approximate surface area is 179 Å². The maximum atomic E-state index is 6.20. The first kappa shape index (κ1) is 17.8. The Morgan fingerprint density at radius 2 is 1.55 bits per heavy atom. The molecule has 4 nitrogen and oxygen atoms in total. The van der Waals surface area contributed by atoms with Crippen LogP contribution in [-0.2, 0) is 0 Å². The van der Waals surface area contributed by atoms with E-state index in [4.69, 9.17) is 9.40 Å². The van der Waals surface area contributed by atoms with Crippen molar-refractivity contribution in [3.05, 3.63) is 90.4 Å². The van der Waals surface area contributed by atoms with E-state index in [1.807, 2.05) is 37.5 Å². The fourth-order valence-electron chi connectivity index (χ4n) is 4.27. The number of benzene rings is 2. The monoisotopic (exact) mass is 401 g/mol. The van der Waals surface area contributed by atoms with Crippen molar-refractivity contribution in [1.29, 1.82) is 0 Å². The predicted octanol–water partition coefficient (Wildman–Crippen LogP) is 6.88. The Morgan fingerprint density at radius 3 is 2.48 bits per heavy atom. The van der Waals surface area contributed by atoms with Crippen molar-refractivity contribution in [3.8, 4) is 22.4 Å². The summed E-state index contributed by atoms with van der Waals surface area (Å²) < 4.78 is 6.20. The second-order valence-electron chi connectivity index (χ2n) is 7.85. The number of hydrogen-bond donors (Lipinski definition) is 0. The lowest BCUT2D eigenvalue weighted by Gasteiger charge is -2.11. The minimum absolute atomic E-state index is 0.662. The number of rotatable bonds is 2. The van der Waals surface area contributed by atoms with Crippen molar-refractivity contribution >= 4 is 33.0 Å². The van der Waals surface area contributed by atoms with Gasteiger partial charge in [-0.1, -0.05) is 30.3 Å². The van der Waals surface area contributed by atoms with E-state index < -0.39 is 0 Å². The van der Waals surface area contributed by atoms with E-state index in [0.717, 1.165) is 60.9 Å². The molecular formula is C27H19N3O. The SMILES string of the molecule is Cc1ccc2c(n1)oc1c(-c3cc(-c4cccc5ncccc45)c(C)cn3)cccc12. The van der Waals surface area contributed by atoms with Crippen LogP contribution in [0.2, 0.25) is 0 Å². The van der Waals surface area contributed by atoms with E-state index in [-0.39, 0.29) is 0 Å². The van der Waals surface area contributed by atoms with Crippen LogP contribution in [-0.4, -0.2) is 15.0 Å². The molecule has 0 radical (unpaired) electrons. The van der Waals surface area contributed by atoms with Crippen LogP contribution in [0.1, 0.15) is 11.3 Å². The average molecular weight is 401 g/mol. The first-order valence-corrected chi connectivity index (χ1v) is 10.3. The Morgan fingerprint density at radius 1 is 0.710 bits per heavy atom. The van der Waals surface area contributed by atoms with Gasteiger partial charge >= 0.3 is 0 Å². The van der Waals surface area contributed by atoms with Crippen LogP contribution in [0.3, 0.4) is 0 Å². The summed E-state index contributed by atoms with van der Waals surface area (Å²) in [6.45, 7) is 4.07. The highest BCUT2D eigenvalue weighted by molar-refractivity contribution is 6.08. The Bertz CT molecular complexity index is 1610. The summed E-state index contributed by atoms with van der Waals surface area (Å²) in [5.41, 5.74) is 8.66. The average Bonchev–Trinajstić information content (AvgIpc) is 3.17. The molecular weight excluding hydrogens is 382 g/mol. The van der Waals surface area contributed by atoms with E-state index in [9.17, 15) is 0 Å². The van der Waals surface area contributed by atoms with Gasteiger partial charge in [0.05, 0.1) is 11.2 Å². The van der Waals surface area contributed by atoms with Crippen molar-refractivity contribution < 1.29 is 4.42 Å². The Balaban J connectivity index is 1.60. The largest absolute Gasteiger partial charge is 0.437 e. The lowest BCUT2D eigenvalue weighted by Crippen LogP contribution is -1.91. The molecule has 0 spiro atoms. The fourth-order valence-corrected chi connectivity index (χ4v) is 4.27. The van der Waals surface area contributed by atoms with Gasteiger partial charge in [-0.15, -0.1) is 0 Å². The standard InChI is InChI=1S/C27H19N3O/c1-16-15-29-25(14-23(16)18-6-4-10-24-19(18)9-5-13-28-24)22-8-3-7-20-21-12-11-17(2)30-27(21)31-26(20)22/h3-15H,1-2H3. The summed E-state index contributed by atoms with van der Waals surface area (Å²) in [5, 5.41) is 3.21. The Hall–Kier alpha value is -4.05. The highest BCUT2D eigenvalue weighted by atomic mass is 16.3. The normalized spacial score (nSPS) is 11.5. The molecule has 4 heteroatoms. The van der Waals surface area contributed by atoms with Crippen LogP contribution in [0.15, 0.2) is 83.5 Å². The molecule has 0 aliphatic heterocycles. The van der Waals surface area contributed by atoms with Crippen molar-refractivity contribution in [3.63, 3.8) is 0 Å². The molecule has 31 heavy (non-hydrogen) atoms. The van der Waals surface area contributed by atoms with Crippen LogP contribution in [0.25, 0.3) is 55.4 Å². The molecule has 0 aliphatic carbocycles. The lowest BCUT2D eigenvalue weighted by atomic mass is 9.96. The number of pyridine rings is 3. The maximum Gasteiger partial charge on any atom is 0.227 e. The van der Waals surface area contributed by atoms with E-state index in [0.29, 0.717) is 5.71 Å². The molecule has 6 rings (SSSR count). The van der Waals surface area contributed by atoms with Crippen LogP contribution >= 0.6 is 0 Å². The maximum absolute atomic E-state index is 6.20. The number of fused-ring (bicyclic) bond motifs is 4. The van der Waals surface area contributed by atoms with Crippen molar-refractivity contribution in [2.24, 2.45) is 0 Å². The second kappa shape index (κ2) is 6.74. The number of hydrogen-bond acceptors (Lipinski definition) is 4. The Kier molecular flexibility index (Phi) is 3.87. The van der Waals surface area contributed by atoms with Crippen LogP contribution in [0, 0.1) is 13.8 Å². The molecule has 148 valence electrons. The van der Waals surface area contributed by atoms with Gasteiger partial charge in [0.25, 0.3) is 0 Å². The molecule has 4 aromatic heterocycles. The van der Waals surface area contributed by atoms with E-state index in [1.54, 1.807) is 0 Å². The van der Waals surface area contributed by atoms with Crippen LogP contribution in [0.4, 0.5) is 0 Å². The van der Waals surface area contributed by atoms with Gasteiger partial charge in [0.15, 0.2) is 0 Å². The fraction of sp³-hybridized carbons (Fsp3) is 0.0741. The predicted molar refractivity (Wildman–Crippen MR) is 125 cm³/mol. The number of para-hydroxylation sites is 1. The van der Waals surface area contributed by atoms with Crippen molar-refractivity contribution in [2.75, 3.05) is 0 Å². The quantitative estimate of drug-likeness (QED) is 0.317. The minimum Gasteiger partial charge on any atom is -0.437 e. The van der Waals surface area contributed by atoms with E-state index in [2.05, 4.69) is 65.4 Å². The van der Waals surface area contributed by atoms with Gasteiger partial charge in [0.1, 0.15) is 5.58 Å². The summed E-state index contributed by atoms with van der Waals surface area (Å²) in [6, 6.07) is 22.8. The molecule has 0 unspecified atom stereocenters. The third-order valence-corrected chi connectivity index (χ3v) is 5.82. The van der Waals surface area contributed by atoms with E-state index in [1.165, 1.54) is 0 Å². The molecule has 0 aliphatic rings. The topological polar surface area (TPSA) is 51.8 Å². The van der Waals surface area contributed by atoms with E-state index >= 15 is 0 Å². The first-order chi connectivity index (χ1) is 15.2. The molecule has 0 amide bonds. The summed E-state index contributed by atoms with van der Waals surface area (Å²) in [5.74, 6) is 0. The molecule has 0 N–H and O–H groups in total. The zero-order valence-electron chi connectivity index (χ0n) is 17.3. The van der Waals surface area contributed by atoms with Crippen molar-refractivity contribution in [2.45, 2.75) is 13.8 Å². The van der Waals surface area contributed by atoms with Gasteiger partial charge in [-0.3, -0.25) is 9.97 Å². The molecule has 6 aromatic rings.